The Morgan fingerprint density at radius 2 is 1.38 bits per heavy atom. The van der Waals surface area contributed by atoms with Crippen LogP contribution in [0.1, 0.15) is 43.9 Å². The van der Waals surface area contributed by atoms with E-state index < -0.39 is 0 Å². The molecule has 7 nitrogen and oxygen atoms in total. The molecule has 7 heteroatoms. The summed E-state index contributed by atoms with van der Waals surface area (Å²) in [6.45, 7) is 6.04. The van der Waals surface area contributed by atoms with Crippen LogP contribution in [0.15, 0.2) is 60.7 Å². The normalized spacial score (nSPS) is 20.0. The van der Waals surface area contributed by atoms with Crippen molar-refractivity contribution in [1.82, 2.24) is 9.80 Å². The van der Waals surface area contributed by atoms with E-state index in [0.29, 0.717) is 32.8 Å². The molecule has 3 rings (SSSR count). The van der Waals surface area contributed by atoms with Gasteiger partial charge in [0.1, 0.15) is 0 Å². The largest absolute Gasteiger partial charge is 0.466 e. The van der Waals surface area contributed by atoms with Crippen molar-refractivity contribution >= 4 is 11.9 Å². The number of aliphatic hydroxyl groups excluding tert-OH is 1. The third kappa shape index (κ3) is 7.13. The lowest BCUT2D eigenvalue weighted by molar-refractivity contribution is -0.149. The van der Waals surface area contributed by atoms with Gasteiger partial charge in [-0.05, 0) is 25.0 Å². The molecule has 0 bridgehead atoms. The second-order valence-electron chi connectivity index (χ2n) is 8.56. The predicted molar refractivity (Wildman–Crippen MR) is 130 cm³/mol. The summed E-state index contributed by atoms with van der Waals surface area (Å²) < 4.78 is 10.6. The summed E-state index contributed by atoms with van der Waals surface area (Å²) in [5.41, 5.74) is 2.12. The lowest BCUT2D eigenvalue weighted by Crippen LogP contribution is -2.60. The molecule has 1 fully saturated rings. The van der Waals surface area contributed by atoms with Gasteiger partial charge < -0.3 is 14.6 Å². The van der Waals surface area contributed by atoms with Crippen molar-refractivity contribution in [2.24, 2.45) is 0 Å². The first-order chi connectivity index (χ1) is 16.5. The number of ether oxygens (including phenoxy) is 2. The van der Waals surface area contributed by atoms with Crippen LogP contribution in [0, 0.1) is 0 Å². The summed E-state index contributed by atoms with van der Waals surface area (Å²) in [7, 11) is 0. The maximum atomic E-state index is 12.6. The lowest BCUT2D eigenvalue weighted by atomic mass is 9.94. The number of aliphatic hydroxyl groups is 1. The minimum absolute atomic E-state index is 0.124. The zero-order chi connectivity index (χ0) is 24.3. The number of hydrogen-bond acceptors (Lipinski definition) is 7. The molecule has 1 saturated heterocycles. The molecule has 3 atom stereocenters. The molecular weight excluding hydrogens is 432 g/mol. The monoisotopic (exact) mass is 468 g/mol. The fourth-order valence-electron chi connectivity index (χ4n) is 4.85. The minimum Gasteiger partial charge on any atom is -0.466 e. The van der Waals surface area contributed by atoms with Gasteiger partial charge in [-0.1, -0.05) is 60.7 Å². The summed E-state index contributed by atoms with van der Waals surface area (Å²) in [6, 6.07) is 19.1. The van der Waals surface area contributed by atoms with Gasteiger partial charge in [-0.15, -0.1) is 0 Å². The molecular formula is C27H36N2O5. The van der Waals surface area contributed by atoms with E-state index in [4.69, 9.17) is 9.47 Å². The van der Waals surface area contributed by atoms with Crippen LogP contribution in [0.5, 0.6) is 0 Å². The highest BCUT2D eigenvalue weighted by atomic mass is 16.5. The van der Waals surface area contributed by atoms with Crippen LogP contribution in [-0.2, 0) is 25.6 Å². The van der Waals surface area contributed by atoms with E-state index in [9.17, 15) is 14.7 Å². The first-order valence-electron chi connectivity index (χ1n) is 12.1. The van der Waals surface area contributed by atoms with E-state index in [1.165, 1.54) is 5.56 Å². The third-order valence-corrected chi connectivity index (χ3v) is 6.16. The lowest BCUT2D eigenvalue weighted by Gasteiger charge is -2.49. The Kier molecular flexibility index (Phi) is 10.1. The number of rotatable bonds is 11. The van der Waals surface area contributed by atoms with E-state index in [-0.39, 0.29) is 49.5 Å². The molecule has 1 aliphatic rings. The quantitative estimate of drug-likeness (QED) is 0.508. The summed E-state index contributed by atoms with van der Waals surface area (Å²) in [5.74, 6) is -0.558. The predicted octanol–water partition coefficient (Wildman–Crippen LogP) is 3.18. The van der Waals surface area contributed by atoms with Crippen LogP contribution in [-0.4, -0.2) is 71.8 Å². The van der Waals surface area contributed by atoms with E-state index >= 15 is 0 Å². The highest BCUT2D eigenvalue weighted by Crippen LogP contribution is 2.32. The molecule has 0 aromatic heterocycles. The second kappa shape index (κ2) is 13.2. The van der Waals surface area contributed by atoms with Crippen LogP contribution in [0.3, 0.4) is 0 Å². The van der Waals surface area contributed by atoms with Crippen molar-refractivity contribution in [1.29, 1.82) is 0 Å². The molecule has 0 saturated carbocycles. The van der Waals surface area contributed by atoms with Crippen LogP contribution in [0.25, 0.3) is 0 Å². The Bertz CT molecular complexity index is 862. The van der Waals surface area contributed by atoms with Crippen molar-refractivity contribution in [2.75, 3.05) is 32.9 Å². The van der Waals surface area contributed by atoms with Gasteiger partial charge in [0.15, 0.2) is 0 Å². The van der Waals surface area contributed by atoms with Gasteiger partial charge in [-0.2, -0.15) is 0 Å². The van der Waals surface area contributed by atoms with Gasteiger partial charge in [0.25, 0.3) is 0 Å². The number of nitrogens with zero attached hydrogens (tertiary/aromatic N) is 2. The van der Waals surface area contributed by atoms with Crippen molar-refractivity contribution in [2.45, 2.75) is 51.4 Å². The molecule has 0 aliphatic carbocycles. The molecule has 184 valence electrons. The standard InChI is InChI=1S/C27H36N2O5/c1-3-33-26(31)15-23-18-28(17-21-11-7-5-8-12-21)19-24(16-27(32)34-4-2)29(23)25(20-30)22-13-9-6-10-14-22/h5-14,23-25,30H,3-4,15-20H2,1-2H3/t23-,24?,25+/m0/s1. The molecule has 2 aromatic carbocycles. The van der Waals surface area contributed by atoms with Crippen molar-refractivity contribution in [3.8, 4) is 0 Å². The fourth-order valence-corrected chi connectivity index (χ4v) is 4.85. The third-order valence-electron chi connectivity index (χ3n) is 6.16. The van der Waals surface area contributed by atoms with Crippen LogP contribution in [0.4, 0.5) is 0 Å². The Morgan fingerprint density at radius 3 is 1.85 bits per heavy atom. The van der Waals surface area contributed by atoms with E-state index in [1.54, 1.807) is 13.8 Å². The molecule has 0 radical (unpaired) electrons. The van der Waals surface area contributed by atoms with Gasteiger partial charge in [0, 0.05) is 31.7 Å². The molecule has 0 spiro atoms. The Labute approximate surface area is 202 Å². The van der Waals surface area contributed by atoms with Crippen LogP contribution in [0.2, 0.25) is 0 Å². The Hall–Kier alpha value is -2.74. The number of esters is 2. The first-order valence-corrected chi connectivity index (χ1v) is 12.1. The zero-order valence-electron chi connectivity index (χ0n) is 20.1. The first kappa shape index (κ1) is 25.9. The topological polar surface area (TPSA) is 79.3 Å². The second-order valence-corrected chi connectivity index (χ2v) is 8.56. The SMILES string of the molecule is CCOC(=O)CC1CN(Cc2ccccc2)C[C@H](CC(=O)OCC)N1[C@H](CO)c1ccccc1. The Morgan fingerprint density at radius 1 is 0.882 bits per heavy atom. The summed E-state index contributed by atoms with van der Waals surface area (Å²) >= 11 is 0. The Balaban J connectivity index is 1.94. The number of carbonyl (C=O) groups is 2. The van der Waals surface area contributed by atoms with Crippen molar-refractivity contribution < 1.29 is 24.2 Å². The molecule has 34 heavy (non-hydrogen) atoms. The van der Waals surface area contributed by atoms with E-state index in [1.807, 2.05) is 48.5 Å². The van der Waals surface area contributed by atoms with Crippen molar-refractivity contribution in [3.63, 3.8) is 0 Å². The van der Waals surface area contributed by atoms with Crippen LogP contribution < -0.4 is 0 Å². The number of piperazine rings is 1. The maximum absolute atomic E-state index is 12.6. The highest BCUT2D eigenvalue weighted by molar-refractivity contribution is 5.71. The van der Waals surface area contributed by atoms with Crippen LogP contribution >= 0.6 is 0 Å². The summed E-state index contributed by atoms with van der Waals surface area (Å²) in [5, 5.41) is 10.5. The average Bonchev–Trinajstić information content (AvgIpc) is 2.83. The zero-order valence-corrected chi connectivity index (χ0v) is 20.1. The van der Waals surface area contributed by atoms with Crippen molar-refractivity contribution in [3.05, 3.63) is 71.8 Å². The minimum atomic E-state index is -0.348. The maximum Gasteiger partial charge on any atom is 0.307 e. The number of hydrogen-bond donors (Lipinski definition) is 1. The van der Waals surface area contributed by atoms with Gasteiger partial charge in [0.05, 0.1) is 38.7 Å². The van der Waals surface area contributed by atoms with Gasteiger partial charge in [-0.25, -0.2) is 0 Å². The molecule has 0 amide bonds. The van der Waals surface area contributed by atoms with Gasteiger partial charge in [-0.3, -0.25) is 19.4 Å². The highest BCUT2D eigenvalue weighted by Gasteiger charge is 2.41. The molecule has 1 aliphatic heterocycles. The van der Waals surface area contributed by atoms with E-state index in [2.05, 4.69) is 21.9 Å². The molecule has 1 unspecified atom stereocenters. The number of carbonyl (C=O) groups excluding carboxylic acids is 2. The van der Waals surface area contributed by atoms with Gasteiger partial charge in [0.2, 0.25) is 0 Å². The average molecular weight is 469 g/mol. The number of benzene rings is 2. The van der Waals surface area contributed by atoms with E-state index in [0.717, 1.165) is 5.56 Å². The fraction of sp³-hybridized carbons (Fsp3) is 0.481. The summed E-state index contributed by atoms with van der Waals surface area (Å²) in [4.78, 5) is 29.6. The molecule has 1 N–H and O–H groups in total. The van der Waals surface area contributed by atoms with Gasteiger partial charge >= 0.3 is 11.9 Å². The summed E-state index contributed by atoms with van der Waals surface area (Å²) in [6.07, 6.45) is 0.365. The smallest absolute Gasteiger partial charge is 0.307 e. The molecule has 1 heterocycles. The molecule has 2 aromatic rings.